The summed E-state index contributed by atoms with van der Waals surface area (Å²) in [6.07, 6.45) is 3.30. The molecule has 1 aliphatic heterocycles. The molecular formula is C21H28N4O2. The lowest BCUT2D eigenvalue weighted by atomic mass is 10.0. The monoisotopic (exact) mass is 368 g/mol. The summed E-state index contributed by atoms with van der Waals surface area (Å²) in [5, 5.41) is 3.46. The molecule has 144 valence electrons. The number of amides is 1. The highest BCUT2D eigenvalue weighted by molar-refractivity contribution is 5.96. The van der Waals surface area contributed by atoms with Crippen LogP contribution in [0.1, 0.15) is 24.5 Å². The van der Waals surface area contributed by atoms with Crippen LogP contribution in [0.2, 0.25) is 0 Å². The van der Waals surface area contributed by atoms with Gasteiger partial charge in [-0.2, -0.15) is 0 Å². The Hall–Kier alpha value is -2.60. The minimum atomic E-state index is 0.215. The maximum Gasteiger partial charge on any atom is 0.227 e. The number of carbonyl (C=O) groups excluding carboxylic acids is 1. The molecule has 6 heteroatoms. The van der Waals surface area contributed by atoms with Crippen LogP contribution in [0.3, 0.4) is 0 Å². The van der Waals surface area contributed by atoms with Crippen molar-refractivity contribution in [3.63, 3.8) is 0 Å². The number of hydrogen-bond acceptors (Lipinski definition) is 5. The predicted octanol–water partition coefficient (Wildman–Crippen LogP) is 3.08. The molecule has 2 heterocycles. The molecule has 0 spiro atoms. The van der Waals surface area contributed by atoms with E-state index < -0.39 is 0 Å². The second-order valence-electron chi connectivity index (χ2n) is 6.77. The lowest BCUT2D eigenvalue weighted by Crippen LogP contribution is -2.34. The average molecular weight is 368 g/mol. The summed E-state index contributed by atoms with van der Waals surface area (Å²) in [5.74, 6) is 1.15. The maximum absolute atomic E-state index is 12.0. The van der Waals surface area contributed by atoms with E-state index in [1.807, 2.05) is 43.3 Å². The summed E-state index contributed by atoms with van der Waals surface area (Å²) >= 11 is 0. The van der Waals surface area contributed by atoms with Crippen LogP contribution >= 0.6 is 0 Å². The topological polar surface area (TPSA) is 57.7 Å². The number of aryl methyl sites for hydroxylation is 1. The maximum atomic E-state index is 12.0. The molecule has 6 nitrogen and oxygen atoms in total. The fraction of sp³-hybridized carbons (Fsp3) is 0.429. The van der Waals surface area contributed by atoms with Crippen LogP contribution in [-0.2, 0) is 22.5 Å². The van der Waals surface area contributed by atoms with Gasteiger partial charge in [0.15, 0.2) is 0 Å². The molecule has 1 N–H and O–H groups in total. The first-order valence-electron chi connectivity index (χ1n) is 9.44. The number of carbonyl (C=O) groups is 1. The van der Waals surface area contributed by atoms with Gasteiger partial charge in [-0.05, 0) is 48.7 Å². The van der Waals surface area contributed by atoms with Crippen molar-refractivity contribution in [2.75, 3.05) is 49.0 Å². The minimum absolute atomic E-state index is 0.215. The molecule has 0 fully saturated rings. The molecular weight excluding hydrogens is 340 g/mol. The molecule has 1 aromatic carbocycles. The van der Waals surface area contributed by atoms with E-state index in [1.54, 1.807) is 7.11 Å². The minimum Gasteiger partial charge on any atom is -0.383 e. The fourth-order valence-corrected chi connectivity index (χ4v) is 3.31. The SMILES string of the molecule is CCN1C(=O)CCc2cc(NCc3ccc(N(C)CCOC)nc3)ccc21. The Kier molecular flexibility index (Phi) is 6.29. The Balaban J connectivity index is 1.61. The van der Waals surface area contributed by atoms with Crippen LogP contribution in [0.5, 0.6) is 0 Å². The lowest BCUT2D eigenvalue weighted by molar-refractivity contribution is -0.118. The van der Waals surface area contributed by atoms with E-state index >= 15 is 0 Å². The van der Waals surface area contributed by atoms with Crippen molar-refractivity contribution in [2.45, 2.75) is 26.3 Å². The smallest absolute Gasteiger partial charge is 0.227 e. The van der Waals surface area contributed by atoms with E-state index in [1.165, 1.54) is 5.56 Å². The number of aromatic nitrogens is 1. The molecule has 27 heavy (non-hydrogen) atoms. The second kappa shape index (κ2) is 8.86. The number of ether oxygens (including phenoxy) is 1. The van der Waals surface area contributed by atoms with E-state index in [4.69, 9.17) is 4.74 Å². The van der Waals surface area contributed by atoms with Gasteiger partial charge in [-0.15, -0.1) is 0 Å². The van der Waals surface area contributed by atoms with Gasteiger partial charge in [0.25, 0.3) is 0 Å². The highest BCUT2D eigenvalue weighted by Gasteiger charge is 2.22. The zero-order valence-electron chi connectivity index (χ0n) is 16.4. The molecule has 0 aliphatic carbocycles. The molecule has 0 atom stereocenters. The Labute approximate surface area is 161 Å². The molecule has 2 aromatic rings. The molecule has 1 amide bonds. The van der Waals surface area contributed by atoms with Gasteiger partial charge in [0, 0.05) is 57.8 Å². The number of pyridine rings is 1. The molecule has 0 saturated carbocycles. The average Bonchev–Trinajstić information content (AvgIpc) is 2.70. The van der Waals surface area contributed by atoms with Gasteiger partial charge < -0.3 is 19.9 Å². The Bertz CT molecular complexity index is 776. The molecule has 3 rings (SSSR count). The summed E-state index contributed by atoms with van der Waals surface area (Å²) in [5.41, 5.74) is 4.47. The standard InChI is InChI=1S/C21H28N4O2/c1-4-25-19-8-7-18(13-17(19)6-10-21(25)26)22-14-16-5-9-20(23-15-16)24(2)11-12-27-3/h5,7-9,13,15,22H,4,6,10-12,14H2,1-3H3. The number of hydrogen-bond donors (Lipinski definition) is 1. The van der Waals surface area contributed by atoms with Crippen molar-refractivity contribution in [3.05, 3.63) is 47.7 Å². The number of likely N-dealkylation sites (N-methyl/N-ethyl adjacent to an activating group) is 1. The van der Waals surface area contributed by atoms with Gasteiger partial charge in [0.05, 0.1) is 6.61 Å². The number of fused-ring (bicyclic) bond motifs is 1. The molecule has 1 aliphatic rings. The second-order valence-corrected chi connectivity index (χ2v) is 6.77. The van der Waals surface area contributed by atoms with Crippen LogP contribution in [0, 0.1) is 0 Å². The van der Waals surface area contributed by atoms with Crippen LogP contribution in [0.15, 0.2) is 36.5 Å². The Morgan fingerprint density at radius 2 is 2.11 bits per heavy atom. The van der Waals surface area contributed by atoms with E-state index in [0.29, 0.717) is 19.6 Å². The quantitative estimate of drug-likeness (QED) is 0.776. The van der Waals surface area contributed by atoms with Crippen LogP contribution in [0.4, 0.5) is 17.2 Å². The van der Waals surface area contributed by atoms with Gasteiger partial charge in [-0.3, -0.25) is 4.79 Å². The summed E-state index contributed by atoms with van der Waals surface area (Å²) < 4.78 is 5.10. The molecule has 0 unspecified atom stereocenters. The van der Waals surface area contributed by atoms with E-state index in [9.17, 15) is 4.79 Å². The van der Waals surface area contributed by atoms with E-state index in [0.717, 1.165) is 42.3 Å². The first kappa shape index (κ1) is 19.2. The van der Waals surface area contributed by atoms with Crippen molar-refractivity contribution in [3.8, 4) is 0 Å². The number of benzene rings is 1. The Morgan fingerprint density at radius 1 is 1.26 bits per heavy atom. The third kappa shape index (κ3) is 4.57. The molecule has 1 aromatic heterocycles. The normalized spacial score (nSPS) is 13.4. The van der Waals surface area contributed by atoms with E-state index in [-0.39, 0.29) is 5.91 Å². The number of anilines is 3. The van der Waals surface area contributed by atoms with E-state index in [2.05, 4.69) is 27.3 Å². The molecule has 0 saturated heterocycles. The highest BCUT2D eigenvalue weighted by atomic mass is 16.5. The fourth-order valence-electron chi connectivity index (χ4n) is 3.31. The first-order chi connectivity index (χ1) is 13.1. The molecule has 0 bridgehead atoms. The summed E-state index contributed by atoms with van der Waals surface area (Å²) in [6, 6.07) is 10.4. The van der Waals surface area contributed by atoms with Gasteiger partial charge in [-0.1, -0.05) is 6.07 Å². The Morgan fingerprint density at radius 3 is 2.81 bits per heavy atom. The number of nitrogens with one attached hydrogen (secondary N) is 1. The van der Waals surface area contributed by atoms with Crippen molar-refractivity contribution in [1.82, 2.24) is 4.98 Å². The van der Waals surface area contributed by atoms with Crippen LogP contribution in [0.25, 0.3) is 0 Å². The van der Waals surface area contributed by atoms with Gasteiger partial charge >= 0.3 is 0 Å². The highest BCUT2D eigenvalue weighted by Crippen LogP contribution is 2.30. The summed E-state index contributed by atoms with van der Waals surface area (Å²) in [6.45, 7) is 4.94. The van der Waals surface area contributed by atoms with Gasteiger partial charge in [-0.25, -0.2) is 4.98 Å². The third-order valence-electron chi connectivity index (χ3n) is 4.92. The number of methoxy groups -OCH3 is 1. The predicted molar refractivity (Wildman–Crippen MR) is 109 cm³/mol. The first-order valence-corrected chi connectivity index (χ1v) is 9.44. The molecule has 0 radical (unpaired) electrons. The van der Waals surface area contributed by atoms with Crippen LogP contribution in [-0.4, -0.2) is 44.7 Å². The summed E-state index contributed by atoms with van der Waals surface area (Å²) in [7, 11) is 3.71. The number of nitrogens with zero attached hydrogens (tertiary/aromatic N) is 3. The third-order valence-corrected chi connectivity index (χ3v) is 4.92. The van der Waals surface area contributed by atoms with Crippen LogP contribution < -0.4 is 15.1 Å². The largest absolute Gasteiger partial charge is 0.383 e. The lowest BCUT2D eigenvalue weighted by Gasteiger charge is -2.28. The zero-order chi connectivity index (χ0) is 19.2. The van der Waals surface area contributed by atoms with Gasteiger partial charge in [0.2, 0.25) is 5.91 Å². The van der Waals surface area contributed by atoms with Crippen molar-refractivity contribution in [2.24, 2.45) is 0 Å². The zero-order valence-corrected chi connectivity index (χ0v) is 16.4. The van der Waals surface area contributed by atoms with Crippen molar-refractivity contribution in [1.29, 1.82) is 0 Å². The van der Waals surface area contributed by atoms with Crippen molar-refractivity contribution < 1.29 is 9.53 Å². The number of rotatable bonds is 8. The van der Waals surface area contributed by atoms with Crippen molar-refractivity contribution >= 4 is 23.1 Å². The van der Waals surface area contributed by atoms with Gasteiger partial charge in [0.1, 0.15) is 5.82 Å². The summed E-state index contributed by atoms with van der Waals surface area (Å²) in [4.78, 5) is 20.5.